The molecule has 8 nitrogen and oxygen atoms in total. The van der Waals surface area contributed by atoms with E-state index < -0.39 is 0 Å². The molecule has 0 aliphatic carbocycles. The number of nitrogens with zero attached hydrogens (tertiary/aromatic N) is 4. The van der Waals surface area contributed by atoms with Crippen LogP contribution in [-0.4, -0.2) is 33.8 Å². The van der Waals surface area contributed by atoms with Crippen molar-refractivity contribution in [3.8, 4) is 0 Å². The minimum absolute atomic E-state index is 0.375. The molecule has 2 aromatic rings. The minimum atomic E-state index is 0.375. The number of aromatic nitrogens is 4. The summed E-state index contributed by atoms with van der Waals surface area (Å²) in [7, 11) is 1.80. The third-order valence-corrected chi connectivity index (χ3v) is 2.45. The molecule has 2 heterocycles. The maximum absolute atomic E-state index is 5.32. The van der Waals surface area contributed by atoms with Gasteiger partial charge in [0, 0.05) is 19.7 Å². The monoisotopic (exact) mass is 278 g/mol. The van der Waals surface area contributed by atoms with Crippen LogP contribution in [0.5, 0.6) is 0 Å². The number of rotatable bonds is 7. The third-order valence-electron chi connectivity index (χ3n) is 2.45. The Bertz CT molecular complexity index is 557. The molecular weight excluding hydrogens is 260 g/mol. The highest BCUT2D eigenvalue weighted by atomic mass is 16.5. The lowest BCUT2D eigenvalue weighted by molar-refractivity contribution is 0.128. The molecule has 20 heavy (non-hydrogen) atoms. The lowest BCUT2D eigenvalue weighted by Crippen LogP contribution is -2.08. The highest BCUT2D eigenvalue weighted by Gasteiger charge is 2.06. The first kappa shape index (κ1) is 14.2. The Morgan fingerprint density at radius 3 is 2.70 bits per heavy atom. The van der Waals surface area contributed by atoms with Crippen LogP contribution in [0, 0.1) is 6.92 Å². The molecule has 0 unspecified atom stereocenters. The number of hydrogen-bond donors (Lipinski definition) is 2. The Morgan fingerprint density at radius 2 is 2.05 bits per heavy atom. The normalized spacial score (nSPS) is 10.6. The van der Waals surface area contributed by atoms with E-state index in [9.17, 15) is 0 Å². The fraction of sp³-hybridized carbons (Fsp3) is 0.500. The molecule has 2 N–H and O–H groups in total. The largest absolute Gasteiger partial charge is 0.374 e. The highest BCUT2D eigenvalue weighted by Crippen LogP contribution is 2.12. The molecule has 2 aromatic heterocycles. The van der Waals surface area contributed by atoms with Crippen LogP contribution in [0.2, 0.25) is 0 Å². The maximum Gasteiger partial charge on any atom is 0.245 e. The summed E-state index contributed by atoms with van der Waals surface area (Å²) in [6.45, 7) is 5.11. The van der Waals surface area contributed by atoms with E-state index in [0.29, 0.717) is 43.1 Å². The van der Waals surface area contributed by atoms with Gasteiger partial charge in [-0.05, 0) is 13.8 Å². The van der Waals surface area contributed by atoms with Crippen LogP contribution in [0.15, 0.2) is 10.6 Å². The number of anilines is 2. The summed E-state index contributed by atoms with van der Waals surface area (Å²) in [5.74, 6) is 3.13. The lowest BCUT2D eigenvalue weighted by atomic mass is 10.4. The van der Waals surface area contributed by atoms with Gasteiger partial charge in [-0.15, -0.1) is 0 Å². The first-order valence-electron chi connectivity index (χ1n) is 6.37. The van der Waals surface area contributed by atoms with Crippen LogP contribution in [0.25, 0.3) is 0 Å². The van der Waals surface area contributed by atoms with Crippen LogP contribution in [0.1, 0.15) is 24.5 Å². The second kappa shape index (κ2) is 6.80. The van der Waals surface area contributed by atoms with Crippen molar-refractivity contribution in [1.82, 2.24) is 20.1 Å². The second-order valence-corrected chi connectivity index (χ2v) is 4.03. The van der Waals surface area contributed by atoms with Crippen LogP contribution >= 0.6 is 0 Å². The summed E-state index contributed by atoms with van der Waals surface area (Å²) in [4.78, 5) is 12.8. The number of aryl methyl sites for hydroxylation is 1. The summed E-state index contributed by atoms with van der Waals surface area (Å²) in [6.07, 6.45) is 0. The molecule has 0 saturated carbocycles. The van der Waals surface area contributed by atoms with E-state index >= 15 is 0 Å². The molecule has 0 radical (unpaired) electrons. The van der Waals surface area contributed by atoms with Crippen molar-refractivity contribution in [2.45, 2.75) is 27.0 Å². The smallest absolute Gasteiger partial charge is 0.245 e. The molecule has 8 heteroatoms. The quantitative estimate of drug-likeness (QED) is 0.783. The Labute approximate surface area is 117 Å². The molecule has 0 fully saturated rings. The molecule has 0 saturated heterocycles. The van der Waals surface area contributed by atoms with Crippen LogP contribution in [-0.2, 0) is 17.9 Å². The van der Waals surface area contributed by atoms with E-state index in [4.69, 9.17) is 9.26 Å². The molecule has 0 bridgehead atoms. The van der Waals surface area contributed by atoms with Crippen LogP contribution in [0.3, 0.4) is 0 Å². The average Bonchev–Trinajstić information content (AvgIpc) is 2.88. The topological polar surface area (TPSA) is 98.0 Å². The summed E-state index contributed by atoms with van der Waals surface area (Å²) >= 11 is 0. The van der Waals surface area contributed by atoms with Gasteiger partial charge in [-0.2, -0.15) is 4.98 Å². The van der Waals surface area contributed by atoms with Gasteiger partial charge >= 0.3 is 0 Å². The molecule has 0 aliphatic heterocycles. The zero-order chi connectivity index (χ0) is 14.4. The van der Waals surface area contributed by atoms with Crippen molar-refractivity contribution in [3.63, 3.8) is 0 Å². The Morgan fingerprint density at radius 1 is 1.25 bits per heavy atom. The second-order valence-electron chi connectivity index (χ2n) is 4.03. The number of hydrogen-bond acceptors (Lipinski definition) is 8. The molecule has 2 rings (SSSR count). The predicted octanol–water partition coefficient (Wildman–Crippen LogP) is 1.36. The van der Waals surface area contributed by atoms with Gasteiger partial charge in [0.25, 0.3) is 0 Å². The molecule has 0 amide bonds. The molecular formula is C12H18N6O2. The van der Waals surface area contributed by atoms with E-state index in [1.165, 1.54) is 0 Å². The number of ether oxygens (including phenoxy) is 1. The van der Waals surface area contributed by atoms with Crippen molar-refractivity contribution in [2.75, 3.05) is 24.3 Å². The van der Waals surface area contributed by atoms with Gasteiger partial charge in [-0.3, -0.25) is 0 Å². The summed E-state index contributed by atoms with van der Waals surface area (Å²) < 4.78 is 10.3. The molecule has 108 valence electrons. The standard InChI is InChI=1S/C12H18N6O2/c1-4-19-7-11-16-9(13-3)5-10(17-11)14-6-12-15-8(2)18-20-12/h5H,4,6-7H2,1-3H3,(H2,13,14,16,17). The van der Waals surface area contributed by atoms with Gasteiger partial charge < -0.3 is 19.9 Å². The molecule has 0 aromatic carbocycles. The molecule has 0 aliphatic rings. The van der Waals surface area contributed by atoms with Crippen LogP contribution < -0.4 is 10.6 Å². The van der Waals surface area contributed by atoms with Gasteiger partial charge in [0.15, 0.2) is 11.6 Å². The summed E-state index contributed by atoms with van der Waals surface area (Å²) in [5, 5.41) is 9.84. The van der Waals surface area contributed by atoms with Crippen LogP contribution in [0.4, 0.5) is 11.6 Å². The fourth-order valence-corrected chi connectivity index (χ4v) is 1.55. The minimum Gasteiger partial charge on any atom is -0.374 e. The predicted molar refractivity (Wildman–Crippen MR) is 73.3 cm³/mol. The number of nitrogens with one attached hydrogen (secondary N) is 2. The Kier molecular flexibility index (Phi) is 4.83. The van der Waals surface area contributed by atoms with E-state index in [1.54, 1.807) is 20.0 Å². The van der Waals surface area contributed by atoms with Crippen molar-refractivity contribution in [1.29, 1.82) is 0 Å². The van der Waals surface area contributed by atoms with Gasteiger partial charge in [0.05, 0.1) is 6.54 Å². The molecule has 0 spiro atoms. The third kappa shape index (κ3) is 3.89. The van der Waals surface area contributed by atoms with Gasteiger partial charge in [-0.1, -0.05) is 5.16 Å². The van der Waals surface area contributed by atoms with Crippen molar-refractivity contribution in [2.24, 2.45) is 0 Å². The molecule has 0 atom stereocenters. The van der Waals surface area contributed by atoms with Crippen molar-refractivity contribution < 1.29 is 9.26 Å². The zero-order valence-corrected chi connectivity index (χ0v) is 11.8. The van der Waals surface area contributed by atoms with Gasteiger partial charge in [0.1, 0.15) is 18.2 Å². The fourth-order valence-electron chi connectivity index (χ4n) is 1.55. The van der Waals surface area contributed by atoms with E-state index in [0.717, 1.165) is 5.82 Å². The SMILES string of the molecule is CCOCc1nc(NC)cc(NCc2nc(C)no2)n1. The van der Waals surface area contributed by atoms with Gasteiger partial charge in [-0.25, -0.2) is 9.97 Å². The highest BCUT2D eigenvalue weighted by molar-refractivity contribution is 5.47. The Balaban J connectivity index is 2.05. The summed E-state index contributed by atoms with van der Waals surface area (Å²) in [5.41, 5.74) is 0. The summed E-state index contributed by atoms with van der Waals surface area (Å²) in [6, 6.07) is 1.80. The lowest BCUT2D eigenvalue weighted by Gasteiger charge is -2.08. The van der Waals surface area contributed by atoms with E-state index in [2.05, 4.69) is 30.7 Å². The van der Waals surface area contributed by atoms with Crippen molar-refractivity contribution >= 4 is 11.6 Å². The zero-order valence-electron chi connectivity index (χ0n) is 11.8. The maximum atomic E-state index is 5.32. The van der Waals surface area contributed by atoms with Crippen molar-refractivity contribution in [3.05, 3.63) is 23.6 Å². The first-order chi connectivity index (χ1) is 9.71. The van der Waals surface area contributed by atoms with E-state index in [1.807, 2.05) is 6.92 Å². The van der Waals surface area contributed by atoms with E-state index in [-0.39, 0.29) is 0 Å². The van der Waals surface area contributed by atoms with Gasteiger partial charge in [0.2, 0.25) is 5.89 Å². The first-order valence-corrected chi connectivity index (χ1v) is 6.37. The Hall–Kier alpha value is -2.22. The average molecular weight is 278 g/mol.